The number of hydrogen-bond donors (Lipinski definition) is 2. The van der Waals surface area contributed by atoms with Gasteiger partial charge in [0, 0.05) is 10.6 Å². The number of rotatable bonds is 5. The Labute approximate surface area is 154 Å². The number of nitrogens with one attached hydrogen (secondary N) is 2. The van der Waals surface area contributed by atoms with E-state index in [4.69, 9.17) is 0 Å². The third-order valence-corrected chi connectivity index (χ3v) is 5.42. The highest BCUT2D eigenvalue weighted by Gasteiger charge is 2.09. The quantitative estimate of drug-likeness (QED) is 0.614. The smallest absolute Gasteiger partial charge is 0.308 e. The average Bonchev–Trinajstić information content (AvgIpc) is 3.04. The fourth-order valence-corrected chi connectivity index (χ4v) is 3.66. The van der Waals surface area contributed by atoms with E-state index in [1.54, 1.807) is 11.8 Å². The van der Waals surface area contributed by atoms with Gasteiger partial charge in [-0.2, -0.15) is 0 Å². The molecule has 7 heteroatoms. The van der Waals surface area contributed by atoms with Crippen LogP contribution in [-0.4, -0.2) is 16.2 Å². The van der Waals surface area contributed by atoms with Gasteiger partial charge in [-0.15, -0.1) is 22.0 Å². The molecule has 0 aliphatic carbocycles. The number of aryl methyl sites for hydroxylation is 2. The summed E-state index contributed by atoms with van der Waals surface area (Å²) < 4.78 is 0. The standard InChI is InChI=1S/C18H18N4OS2/c1-12-3-7-14(8-4-12)19-17(23)20-18-22-21-16(25-18)11-24-15-9-5-13(2)6-10-15/h3-10H,11H2,1-2H3,(H2,19,20,22,23). The van der Waals surface area contributed by atoms with Crippen molar-refractivity contribution in [2.45, 2.75) is 24.5 Å². The summed E-state index contributed by atoms with van der Waals surface area (Å²) in [5.41, 5.74) is 3.12. The predicted molar refractivity (Wildman–Crippen MR) is 104 cm³/mol. The van der Waals surface area contributed by atoms with E-state index in [9.17, 15) is 4.79 Å². The molecular formula is C18H18N4OS2. The minimum absolute atomic E-state index is 0.322. The third-order valence-electron chi connectivity index (χ3n) is 3.38. The van der Waals surface area contributed by atoms with Gasteiger partial charge >= 0.3 is 6.03 Å². The van der Waals surface area contributed by atoms with Gasteiger partial charge in [0.15, 0.2) is 0 Å². The Morgan fingerprint density at radius 3 is 2.28 bits per heavy atom. The molecule has 1 aromatic heterocycles. The zero-order valence-electron chi connectivity index (χ0n) is 13.9. The summed E-state index contributed by atoms with van der Waals surface area (Å²) in [6.07, 6.45) is 0. The monoisotopic (exact) mass is 370 g/mol. The zero-order valence-corrected chi connectivity index (χ0v) is 15.6. The van der Waals surface area contributed by atoms with Crippen LogP contribution >= 0.6 is 23.1 Å². The lowest BCUT2D eigenvalue weighted by Crippen LogP contribution is -2.19. The van der Waals surface area contributed by atoms with Crippen LogP contribution in [0.25, 0.3) is 0 Å². The zero-order chi connectivity index (χ0) is 17.6. The largest absolute Gasteiger partial charge is 0.325 e. The maximum Gasteiger partial charge on any atom is 0.325 e. The fourth-order valence-electron chi connectivity index (χ4n) is 2.04. The molecular weight excluding hydrogens is 352 g/mol. The molecule has 2 aromatic carbocycles. The molecule has 5 nitrogen and oxygen atoms in total. The van der Waals surface area contributed by atoms with Crippen LogP contribution < -0.4 is 10.6 Å². The SMILES string of the molecule is Cc1ccc(NC(=O)Nc2nnc(CSc3ccc(C)cc3)s2)cc1. The van der Waals surface area contributed by atoms with E-state index in [1.165, 1.54) is 21.8 Å². The first-order valence-electron chi connectivity index (χ1n) is 7.75. The Morgan fingerprint density at radius 2 is 1.60 bits per heavy atom. The predicted octanol–water partition coefficient (Wildman–Crippen LogP) is 5.09. The van der Waals surface area contributed by atoms with Gasteiger partial charge in [-0.3, -0.25) is 5.32 Å². The lowest BCUT2D eigenvalue weighted by atomic mass is 10.2. The van der Waals surface area contributed by atoms with Crippen LogP contribution in [0.2, 0.25) is 0 Å². The summed E-state index contributed by atoms with van der Waals surface area (Å²) in [6.45, 7) is 4.07. The van der Waals surface area contributed by atoms with Crippen LogP contribution in [0.15, 0.2) is 53.4 Å². The van der Waals surface area contributed by atoms with Crippen LogP contribution in [0, 0.1) is 13.8 Å². The van der Waals surface area contributed by atoms with E-state index in [0.29, 0.717) is 5.13 Å². The van der Waals surface area contributed by atoms with E-state index in [1.807, 2.05) is 31.2 Å². The molecule has 0 unspecified atom stereocenters. The van der Waals surface area contributed by atoms with Crippen molar-refractivity contribution in [2.75, 3.05) is 10.6 Å². The van der Waals surface area contributed by atoms with E-state index in [0.717, 1.165) is 22.0 Å². The van der Waals surface area contributed by atoms with E-state index < -0.39 is 0 Å². The van der Waals surface area contributed by atoms with Crippen LogP contribution in [0.5, 0.6) is 0 Å². The minimum Gasteiger partial charge on any atom is -0.308 e. The van der Waals surface area contributed by atoms with Crippen LogP contribution in [0.3, 0.4) is 0 Å². The number of urea groups is 1. The molecule has 3 aromatic rings. The van der Waals surface area contributed by atoms with Gasteiger partial charge in [0.05, 0.1) is 5.75 Å². The van der Waals surface area contributed by atoms with Crippen LogP contribution in [0.1, 0.15) is 16.1 Å². The molecule has 1 heterocycles. The molecule has 2 N–H and O–H groups in total. The number of carbonyl (C=O) groups is 1. The molecule has 3 rings (SSSR count). The molecule has 0 fully saturated rings. The molecule has 2 amide bonds. The minimum atomic E-state index is -0.322. The van der Waals surface area contributed by atoms with Gasteiger partial charge in [-0.05, 0) is 38.1 Å². The van der Waals surface area contributed by atoms with Crippen molar-refractivity contribution < 1.29 is 4.79 Å². The first-order chi connectivity index (χ1) is 12.1. The van der Waals surface area contributed by atoms with Crippen molar-refractivity contribution >= 4 is 39.9 Å². The lowest BCUT2D eigenvalue weighted by molar-refractivity contribution is 0.262. The summed E-state index contributed by atoms with van der Waals surface area (Å²) in [4.78, 5) is 13.2. The van der Waals surface area contributed by atoms with Crippen molar-refractivity contribution in [3.05, 3.63) is 64.7 Å². The van der Waals surface area contributed by atoms with E-state index >= 15 is 0 Å². The maximum atomic E-state index is 12.0. The van der Waals surface area contributed by atoms with Crippen LogP contribution in [-0.2, 0) is 5.75 Å². The fraction of sp³-hybridized carbons (Fsp3) is 0.167. The Morgan fingerprint density at radius 1 is 0.960 bits per heavy atom. The highest BCUT2D eigenvalue weighted by Crippen LogP contribution is 2.26. The van der Waals surface area contributed by atoms with Gasteiger partial charge in [-0.25, -0.2) is 4.79 Å². The normalized spacial score (nSPS) is 10.5. The molecule has 0 aliphatic rings. The second-order valence-electron chi connectivity index (χ2n) is 5.55. The first-order valence-corrected chi connectivity index (χ1v) is 9.55. The third kappa shape index (κ3) is 5.30. The number of carbonyl (C=O) groups excluding carboxylic acids is 1. The number of thioether (sulfide) groups is 1. The summed E-state index contributed by atoms with van der Waals surface area (Å²) in [6, 6.07) is 15.7. The summed E-state index contributed by atoms with van der Waals surface area (Å²) in [7, 11) is 0. The Kier molecular flexibility index (Phi) is 5.67. The summed E-state index contributed by atoms with van der Waals surface area (Å²) in [5.74, 6) is 0.724. The van der Waals surface area contributed by atoms with Gasteiger partial charge < -0.3 is 5.32 Å². The number of anilines is 2. The van der Waals surface area contributed by atoms with Crippen molar-refractivity contribution in [2.24, 2.45) is 0 Å². The average molecular weight is 371 g/mol. The molecule has 0 atom stereocenters. The van der Waals surface area contributed by atoms with Gasteiger partial charge in [0.25, 0.3) is 0 Å². The molecule has 0 spiro atoms. The first kappa shape index (κ1) is 17.4. The number of aromatic nitrogens is 2. The molecule has 25 heavy (non-hydrogen) atoms. The molecule has 0 radical (unpaired) electrons. The maximum absolute atomic E-state index is 12.0. The van der Waals surface area contributed by atoms with Crippen molar-refractivity contribution in [3.8, 4) is 0 Å². The lowest BCUT2D eigenvalue weighted by Gasteiger charge is -2.05. The van der Waals surface area contributed by atoms with Crippen LogP contribution in [0.4, 0.5) is 15.6 Å². The Balaban J connectivity index is 1.51. The van der Waals surface area contributed by atoms with E-state index in [-0.39, 0.29) is 6.03 Å². The van der Waals surface area contributed by atoms with Gasteiger partial charge in [0.2, 0.25) is 5.13 Å². The highest BCUT2D eigenvalue weighted by atomic mass is 32.2. The number of benzene rings is 2. The topological polar surface area (TPSA) is 66.9 Å². The second kappa shape index (κ2) is 8.13. The van der Waals surface area contributed by atoms with Crippen molar-refractivity contribution in [1.82, 2.24) is 10.2 Å². The van der Waals surface area contributed by atoms with Crippen molar-refractivity contribution in [1.29, 1.82) is 0 Å². The number of nitrogens with zero attached hydrogens (tertiary/aromatic N) is 2. The molecule has 0 bridgehead atoms. The second-order valence-corrected chi connectivity index (χ2v) is 7.66. The molecule has 128 valence electrons. The van der Waals surface area contributed by atoms with Crippen molar-refractivity contribution in [3.63, 3.8) is 0 Å². The van der Waals surface area contributed by atoms with E-state index in [2.05, 4.69) is 52.0 Å². The molecule has 0 saturated carbocycles. The number of hydrogen-bond acceptors (Lipinski definition) is 5. The van der Waals surface area contributed by atoms with Gasteiger partial charge in [0.1, 0.15) is 5.01 Å². The summed E-state index contributed by atoms with van der Waals surface area (Å²) >= 11 is 3.08. The highest BCUT2D eigenvalue weighted by molar-refractivity contribution is 7.98. The van der Waals surface area contributed by atoms with Gasteiger partial charge in [-0.1, -0.05) is 46.7 Å². The molecule has 0 aliphatic heterocycles. The Bertz CT molecular complexity index is 844. The summed E-state index contributed by atoms with van der Waals surface area (Å²) in [5, 5.41) is 15.0. The molecule has 0 saturated heterocycles. The Hall–Kier alpha value is -2.38. The number of amides is 2.